The smallest absolute Gasteiger partial charge is 0.326 e. The maximum absolute atomic E-state index is 12.4. The van der Waals surface area contributed by atoms with E-state index in [-0.39, 0.29) is 18.6 Å². The molecule has 120 valence electrons. The number of nitrogens with zero attached hydrogens (tertiary/aromatic N) is 1. The van der Waals surface area contributed by atoms with Crippen molar-refractivity contribution >= 4 is 28.6 Å². The number of amides is 1. The van der Waals surface area contributed by atoms with Gasteiger partial charge in [-0.05, 0) is 18.6 Å². The lowest BCUT2D eigenvalue weighted by molar-refractivity contribution is -0.139. The zero-order valence-corrected chi connectivity index (χ0v) is 12.8. The number of pyridine rings is 1. The van der Waals surface area contributed by atoms with Crippen molar-refractivity contribution in [3.8, 4) is 0 Å². The maximum Gasteiger partial charge on any atom is 0.326 e. The van der Waals surface area contributed by atoms with Crippen LogP contribution >= 0.6 is 0 Å². The Kier molecular flexibility index (Phi) is 5.41. The van der Waals surface area contributed by atoms with E-state index in [1.165, 1.54) is 0 Å². The number of carboxylic acids is 1. The number of carboxylic acid groups (broad SMARTS) is 1. The molecule has 0 fully saturated rings. The lowest BCUT2D eigenvalue weighted by Gasteiger charge is -2.14. The predicted octanol–water partition coefficient (Wildman–Crippen LogP) is 2.18. The highest BCUT2D eigenvalue weighted by Crippen LogP contribution is 2.16. The summed E-state index contributed by atoms with van der Waals surface area (Å²) in [7, 11) is 0. The van der Waals surface area contributed by atoms with Crippen LogP contribution in [-0.4, -0.2) is 33.8 Å². The molecule has 0 aliphatic heterocycles. The highest BCUT2D eigenvalue weighted by atomic mass is 16.4. The summed E-state index contributed by atoms with van der Waals surface area (Å²) in [6, 6.07) is 7.63. The van der Waals surface area contributed by atoms with Crippen LogP contribution in [0.1, 0.15) is 36.5 Å². The number of benzene rings is 1. The summed E-state index contributed by atoms with van der Waals surface area (Å²) in [6.45, 7) is 1.72. The highest BCUT2D eigenvalue weighted by molar-refractivity contribution is 6.06. The molecule has 1 aromatic carbocycles. The Morgan fingerprint density at radius 1 is 1.22 bits per heavy atom. The standard InChI is InChI=1S/C17H18N2O4/c1-2-12(20)8-9-14(17(22)23)19-16(21)13-7-3-5-11-6-4-10-18-15(11)13/h3-7,10,14H,2,8-9H2,1H3,(H,19,21)(H,22,23)/t14-/m1/s1. The molecule has 2 aromatic rings. The second kappa shape index (κ2) is 7.49. The van der Waals surface area contributed by atoms with Crippen LogP contribution in [0.25, 0.3) is 10.9 Å². The first-order valence-electron chi connectivity index (χ1n) is 7.42. The van der Waals surface area contributed by atoms with Gasteiger partial charge in [0.2, 0.25) is 0 Å². The van der Waals surface area contributed by atoms with Gasteiger partial charge in [-0.1, -0.05) is 25.1 Å². The van der Waals surface area contributed by atoms with Crippen molar-refractivity contribution in [1.29, 1.82) is 0 Å². The average Bonchev–Trinajstić information content (AvgIpc) is 2.57. The Morgan fingerprint density at radius 2 is 1.96 bits per heavy atom. The molecule has 0 bridgehead atoms. The molecule has 0 spiro atoms. The van der Waals surface area contributed by atoms with E-state index in [0.29, 0.717) is 17.5 Å². The van der Waals surface area contributed by atoms with Crippen LogP contribution in [0.3, 0.4) is 0 Å². The van der Waals surface area contributed by atoms with E-state index in [1.54, 1.807) is 31.3 Å². The van der Waals surface area contributed by atoms with Gasteiger partial charge in [-0.2, -0.15) is 0 Å². The second-order valence-electron chi connectivity index (χ2n) is 5.18. The third-order valence-electron chi connectivity index (χ3n) is 3.59. The molecule has 1 amide bonds. The molecular weight excluding hydrogens is 296 g/mol. The van der Waals surface area contributed by atoms with Gasteiger partial charge in [0.25, 0.3) is 5.91 Å². The molecule has 23 heavy (non-hydrogen) atoms. The molecule has 2 rings (SSSR count). The first kappa shape index (κ1) is 16.6. The highest BCUT2D eigenvalue weighted by Gasteiger charge is 2.22. The fourth-order valence-corrected chi connectivity index (χ4v) is 2.26. The topological polar surface area (TPSA) is 96.4 Å². The largest absolute Gasteiger partial charge is 0.480 e. The average molecular weight is 314 g/mol. The fraction of sp³-hybridized carbons (Fsp3) is 0.294. The van der Waals surface area contributed by atoms with Crippen LogP contribution in [0.2, 0.25) is 0 Å². The van der Waals surface area contributed by atoms with Crippen molar-refractivity contribution in [3.63, 3.8) is 0 Å². The molecule has 0 unspecified atom stereocenters. The Labute approximate surface area is 133 Å². The van der Waals surface area contributed by atoms with Crippen LogP contribution in [0.15, 0.2) is 36.5 Å². The summed E-state index contributed by atoms with van der Waals surface area (Å²) in [4.78, 5) is 39.2. The lowest BCUT2D eigenvalue weighted by atomic mass is 10.1. The second-order valence-corrected chi connectivity index (χ2v) is 5.18. The number of aromatic nitrogens is 1. The molecule has 6 nitrogen and oxygen atoms in total. The van der Waals surface area contributed by atoms with Gasteiger partial charge >= 0.3 is 5.97 Å². The van der Waals surface area contributed by atoms with E-state index in [2.05, 4.69) is 10.3 Å². The van der Waals surface area contributed by atoms with Gasteiger partial charge in [0, 0.05) is 24.4 Å². The number of carbonyl (C=O) groups is 3. The molecule has 0 aliphatic rings. The zero-order chi connectivity index (χ0) is 16.8. The monoisotopic (exact) mass is 314 g/mol. The van der Waals surface area contributed by atoms with Crippen molar-refractivity contribution in [3.05, 3.63) is 42.1 Å². The number of fused-ring (bicyclic) bond motifs is 1. The SMILES string of the molecule is CCC(=O)CC[C@@H](NC(=O)c1cccc2cccnc12)C(=O)O. The van der Waals surface area contributed by atoms with Crippen LogP contribution in [0, 0.1) is 0 Å². The number of aliphatic carboxylic acids is 1. The molecule has 1 aromatic heterocycles. The fourth-order valence-electron chi connectivity index (χ4n) is 2.26. The van der Waals surface area contributed by atoms with E-state index in [4.69, 9.17) is 0 Å². The number of hydrogen-bond acceptors (Lipinski definition) is 4. The summed E-state index contributed by atoms with van der Waals surface area (Å²) >= 11 is 0. The third-order valence-corrected chi connectivity index (χ3v) is 3.59. The van der Waals surface area contributed by atoms with E-state index >= 15 is 0 Å². The first-order chi connectivity index (χ1) is 11.0. The van der Waals surface area contributed by atoms with E-state index in [9.17, 15) is 19.5 Å². The van der Waals surface area contributed by atoms with Crippen molar-refractivity contribution in [2.24, 2.45) is 0 Å². The Morgan fingerprint density at radius 3 is 2.65 bits per heavy atom. The number of Topliss-reactive ketones (excluding diaryl/α,β-unsaturated/α-hetero) is 1. The quantitative estimate of drug-likeness (QED) is 0.816. The van der Waals surface area contributed by atoms with Gasteiger partial charge in [0.05, 0.1) is 11.1 Å². The van der Waals surface area contributed by atoms with E-state index in [0.717, 1.165) is 5.39 Å². The Balaban J connectivity index is 2.17. The van der Waals surface area contributed by atoms with Gasteiger partial charge in [-0.15, -0.1) is 0 Å². The first-order valence-corrected chi connectivity index (χ1v) is 7.42. The molecule has 6 heteroatoms. The summed E-state index contributed by atoms with van der Waals surface area (Å²) in [6.07, 6.45) is 2.13. The molecule has 1 heterocycles. The zero-order valence-electron chi connectivity index (χ0n) is 12.8. The van der Waals surface area contributed by atoms with Gasteiger partial charge in [0.15, 0.2) is 0 Å². The minimum atomic E-state index is -1.16. The van der Waals surface area contributed by atoms with Gasteiger partial charge < -0.3 is 10.4 Å². The number of ketones is 1. The van der Waals surface area contributed by atoms with Crippen molar-refractivity contribution in [2.75, 3.05) is 0 Å². The molecule has 0 saturated carbocycles. The predicted molar refractivity (Wildman–Crippen MR) is 85.2 cm³/mol. The molecule has 1 atom stereocenters. The van der Waals surface area contributed by atoms with Gasteiger partial charge in [-0.3, -0.25) is 14.6 Å². The summed E-state index contributed by atoms with van der Waals surface area (Å²) in [5, 5.41) is 12.5. The van der Waals surface area contributed by atoms with Crippen LogP contribution in [-0.2, 0) is 9.59 Å². The maximum atomic E-state index is 12.4. The number of carbonyl (C=O) groups excluding carboxylic acids is 2. The van der Waals surface area contributed by atoms with Gasteiger partial charge in [-0.25, -0.2) is 4.79 Å². The summed E-state index contributed by atoms with van der Waals surface area (Å²) in [5.74, 6) is -1.70. The number of rotatable bonds is 7. The van der Waals surface area contributed by atoms with Crippen molar-refractivity contribution < 1.29 is 19.5 Å². The molecular formula is C17H18N2O4. The van der Waals surface area contributed by atoms with E-state index in [1.807, 2.05) is 12.1 Å². The molecule has 0 saturated heterocycles. The normalized spacial score (nSPS) is 11.9. The lowest BCUT2D eigenvalue weighted by Crippen LogP contribution is -2.41. The third kappa shape index (κ3) is 4.12. The minimum Gasteiger partial charge on any atom is -0.480 e. The molecule has 0 radical (unpaired) electrons. The molecule has 2 N–H and O–H groups in total. The Hall–Kier alpha value is -2.76. The number of hydrogen-bond donors (Lipinski definition) is 2. The van der Waals surface area contributed by atoms with E-state index < -0.39 is 17.9 Å². The van der Waals surface area contributed by atoms with Gasteiger partial charge in [0.1, 0.15) is 11.8 Å². The van der Waals surface area contributed by atoms with Crippen molar-refractivity contribution in [2.45, 2.75) is 32.2 Å². The van der Waals surface area contributed by atoms with Crippen molar-refractivity contribution in [1.82, 2.24) is 10.3 Å². The summed E-state index contributed by atoms with van der Waals surface area (Å²) < 4.78 is 0. The number of nitrogens with one attached hydrogen (secondary N) is 1. The van der Waals surface area contributed by atoms with Crippen LogP contribution in [0.4, 0.5) is 0 Å². The Bertz CT molecular complexity index is 737. The van der Waals surface area contributed by atoms with Crippen LogP contribution < -0.4 is 5.32 Å². The molecule has 0 aliphatic carbocycles. The van der Waals surface area contributed by atoms with Crippen LogP contribution in [0.5, 0.6) is 0 Å². The number of para-hydroxylation sites is 1. The minimum absolute atomic E-state index is 0.0303. The summed E-state index contributed by atoms with van der Waals surface area (Å²) in [5.41, 5.74) is 0.831.